The van der Waals surface area contributed by atoms with Gasteiger partial charge >= 0.3 is 0 Å². The van der Waals surface area contributed by atoms with Crippen LogP contribution in [0.3, 0.4) is 0 Å². The van der Waals surface area contributed by atoms with Crippen molar-refractivity contribution in [1.29, 1.82) is 0 Å². The summed E-state index contributed by atoms with van der Waals surface area (Å²) >= 11 is 0. The van der Waals surface area contributed by atoms with Gasteiger partial charge in [-0.3, -0.25) is 4.79 Å². The van der Waals surface area contributed by atoms with Crippen LogP contribution in [0.4, 0.5) is 5.69 Å². The predicted octanol–water partition coefficient (Wildman–Crippen LogP) is 2.95. The molecular formula is C20H22N2O2. The van der Waals surface area contributed by atoms with E-state index in [1.54, 1.807) is 0 Å². The van der Waals surface area contributed by atoms with Gasteiger partial charge in [-0.1, -0.05) is 30.3 Å². The van der Waals surface area contributed by atoms with Crippen LogP contribution < -0.4 is 11.1 Å². The summed E-state index contributed by atoms with van der Waals surface area (Å²) in [5, 5.41) is 3.09. The molecule has 1 heterocycles. The van der Waals surface area contributed by atoms with Crippen molar-refractivity contribution in [2.24, 2.45) is 11.1 Å². The van der Waals surface area contributed by atoms with Crippen LogP contribution in [0, 0.1) is 5.41 Å². The Hall–Kier alpha value is -2.17. The van der Waals surface area contributed by atoms with Gasteiger partial charge in [-0.15, -0.1) is 0 Å². The molecule has 1 saturated heterocycles. The second kappa shape index (κ2) is 6.04. The van der Waals surface area contributed by atoms with E-state index in [4.69, 9.17) is 10.5 Å². The second-order valence-electron chi connectivity index (χ2n) is 6.76. The van der Waals surface area contributed by atoms with Crippen LogP contribution in [-0.4, -0.2) is 25.7 Å². The Morgan fingerprint density at radius 1 is 1.08 bits per heavy atom. The molecule has 0 radical (unpaired) electrons. The maximum atomic E-state index is 12.8. The van der Waals surface area contributed by atoms with E-state index in [1.807, 2.05) is 6.07 Å². The third-order valence-electron chi connectivity index (χ3n) is 5.37. The number of benzene rings is 2. The molecule has 24 heavy (non-hydrogen) atoms. The van der Waals surface area contributed by atoms with Gasteiger partial charge in [-0.25, -0.2) is 0 Å². The lowest BCUT2D eigenvalue weighted by molar-refractivity contribution is -0.130. The highest BCUT2D eigenvalue weighted by molar-refractivity contribution is 5.96. The molecule has 1 amide bonds. The van der Waals surface area contributed by atoms with Crippen molar-refractivity contribution in [1.82, 2.24) is 0 Å². The largest absolute Gasteiger partial charge is 0.381 e. The maximum absolute atomic E-state index is 12.8. The number of carbonyl (C=O) groups excluding carboxylic acids is 1. The molecule has 4 heteroatoms. The molecule has 0 aromatic heterocycles. The fourth-order valence-electron chi connectivity index (χ4n) is 3.77. The summed E-state index contributed by atoms with van der Waals surface area (Å²) in [5.41, 5.74) is 11.5. The monoisotopic (exact) mass is 322 g/mol. The molecule has 0 unspecified atom stereocenters. The zero-order chi connectivity index (χ0) is 16.6. The first-order valence-electron chi connectivity index (χ1n) is 8.52. The fourth-order valence-corrected chi connectivity index (χ4v) is 3.77. The lowest BCUT2D eigenvalue weighted by atomic mass is 9.79. The normalized spacial score (nSPS) is 17.9. The van der Waals surface area contributed by atoms with Gasteiger partial charge in [0.2, 0.25) is 5.91 Å². The summed E-state index contributed by atoms with van der Waals surface area (Å²) in [6.45, 7) is 1.56. The van der Waals surface area contributed by atoms with Gasteiger partial charge in [0.05, 0.1) is 5.41 Å². The summed E-state index contributed by atoms with van der Waals surface area (Å²) < 4.78 is 5.39. The summed E-state index contributed by atoms with van der Waals surface area (Å²) in [6, 6.07) is 14.7. The van der Waals surface area contributed by atoms with Gasteiger partial charge in [0.1, 0.15) is 0 Å². The zero-order valence-electron chi connectivity index (χ0n) is 13.7. The third-order valence-corrected chi connectivity index (χ3v) is 5.37. The Balaban J connectivity index is 1.56. The van der Waals surface area contributed by atoms with Gasteiger partial charge in [0.25, 0.3) is 0 Å². The first kappa shape index (κ1) is 15.4. The van der Waals surface area contributed by atoms with E-state index in [9.17, 15) is 4.79 Å². The van der Waals surface area contributed by atoms with Crippen molar-refractivity contribution in [2.45, 2.75) is 19.3 Å². The maximum Gasteiger partial charge on any atom is 0.232 e. The van der Waals surface area contributed by atoms with Crippen molar-refractivity contribution in [3.8, 4) is 11.1 Å². The van der Waals surface area contributed by atoms with E-state index in [-0.39, 0.29) is 5.91 Å². The highest BCUT2D eigenvalue weighted by Crippen LogP contribution is 2.38. The van der Waals surface area contributed by atoms with E-state index < -0.39 is 5.41 Å². The van der Waals surface area contributed by atoms with E-state index in [1.165, 1.54) is 22.3 Å². The zero-order valence-corrected chi connectivity index (χ0v) is 13.7. The highest BCUT2D eigenvalue weighted by Gasteiger charge is 2.38. The van der Waals surface area contributed by atoms with Crippen molar-refractivity contribution in [3.63, 3.8) is 0 Å². The van der Waals surface area contributed by atoms with Gasteiger partial charge in [0, 0.05) is 25.4 Å². The molecule has 2 aromatic rings. The molecule has 0 spiro atoms. The van der Waals surface area contributed by atoms with E-state index in [0.29, 0.717) is 32.6 Å². The fraction of sp³-hybridized carbons (Fsp3) is 0.350. The Labute approximate surface area is 142 Å². The predicted molar refractivity (Wildman–Crippen MR) is 94.9 cm³/mol. The Bertz CT molecular complexity index is 779. The number of carbonyl (C=O) groups is 1. The lowest BCUT2D eigenvalue weighted by Gasteiger charge is -2.34. The molecule has 1 aliphatic carbocycles. The third kappa shape index (κ3) is 2.52. The number of fused-ring (bicyclic) bond motifs is 3. The second-order valence-corrected chi connectivity index (χ2v) is 6.76. The van der Waals surface area contributed by atoms with Gasteiger partial charge in [0.15, 0.2) is 0 Å². The van der Waals surface area contributed by atoms with Crippen LogP contribution in [-0.2, 0) is 16.0 Å². The molecule has 2 aliphatic rings. The molecule has 1 aliphatic heterocycles. The SMILES string of the molecule is NCC1(C(=O)Nc2ccc3c(c2)Cc2ccccc2-3)CCOCC1. The van der Waals surface area contributed by atoms with Crippen LogP contribution in [0.25, 0.3) is 11.1 Å². The average molecular weight is 322 g/mol. The average Bonchev–Trinajstić information content (AvgIpc) is 3.00. The summed E-state index contributed by atoms with van der Waals surface area (Å²) in [5.74, 6) is 0.0174. The van der Waals surface area contributed by atoms with Crippen LogP contribution in [0.1, 0.15) is 24.0 Å². The molecule has 2 aromatic carbocycles. The minimum absolute atomic E-state index is 0.0174. The molecule has 1 fully saturated rings. The van der Waals surface area contributed by atoms with Crippen LogP contribution in [0.15, 0.2) is 42.5 Å². The van der Waals surface area contributed by atoms with Gasteiger partial charge in [-0.05, 0) is 53.6 Å². The quantitative estimate of drug-likeness (QED) is 0.779. The van der Waals surface area contributed by atoms with Crippen molar-refractivity contribution in [3.05, 3.63) is 53.6 Å². The minimum atomic E-state index is -0.500. The van der Waals surface area contributed by atoms with Crippen LogP contribution in [0.2, 0.25) is 0 Å². The number of ether oxygens (including phenoxy) is 1. The summed E-state index contributed by atoms with van der Waals surface area (Å²) in [7, 11) is 0. The van der Waals surface area contributed by atoms with Gasteiger partial charge < -0.3 is 15.8 Å². The van der Waals surface area contributed by atoms with Crippen LogP contribution >= 0.6 is 0 Å². The molecule has 0 atom stereocenters. The smallest absolute Gasteiger partial charge is 0.232 e. The van der Waals surface area contributed by atoms with E-state index in [0.717, 1.165) is 12.1 Å². The Morgan fingerprint density at radius 2 is 1.83 bits per heavy atom. The van der Waals surface area contributed by atoms with E-state index in [2.05, 4.69) is 41.7 Å². The van der Waals surface area contributed by atoms with Crippen LogP contribution in [0.5, 0.6) is 0 Å². The molecule has 124 valence electrons. The highest BCUT2D eigenvalue weighted by atomic mass is 16.5. The Morgan fingerprint density at radius 3 is 2.62 bits per heavy atom. The minimum Gasteiger partial charge on any atom is -0.381 e. The lowest BCUT2D eigenvalue weighted by Crippen LogP contribution is -2.46. The number of rotatable bonds is 3. The molecule has 4 rings (SSSR count). The molecule has 0 saturated carbocycles. The van der Waals surface area contributed by atoms with Crippen molar-refractivity contribution in [2.75, 3.05) is 25.1 Å². The van der Waals surface area contributed by atoms with Crippen molar-refractivity contribution >= 4 is 11.6 Å². The number of nitrogens with one attached hydrogen (secondary N) is 1. The molecular weight excluding hydrogens is 300 g/mol. The number of nitrogens with two attached hydrogens (primary N) is 1. The number of hydrogen-bond donors (Lipinski definition) is 2. The number of amides is 1. The summed E-state index contributed by atoms with van der Waals surface area (Å²) in [4.78, 5) is 12.8. The standard InChI is InChI=1S/C20H22N2O2/c21-13-20(7-9-24-10-8-20)19(23)22-16-5-6-18-15(12-16)11-14-3-1-2-4-17(14)18/h1-6,12H,7-11,13,21H2,(H,22,23). The first-order chi connectivity index (χ1) is 11.7. The Kier molecular flexibility index (Phi) is 3.87. The molecule has 4 nitrogen and oxygen atoms in total. The van der Waals surface area contributed by atoms with Crippen molar-refractivity contribution < 1.29 is 9.53 Å². The van der Waals surface area contributed by atoms with Gasteiger partial charge in [-0.2, -0.15) is 0 Å². The summed E-state index contributed by atoms with van der Waals surface area (Å²) in [6.07, 6.45) is 2.29. The molecule has 0 bridgehead atoms. The number of anilines is 1. The topological polar surface area (TPSA) is 64.4 Å². The molecule has 3 N–H and O–H groups in total. The number of hydrogen-bond acceptors (Lipinski definition) is 3. The first-order valence-corrected chi connectivity index (χ1v) is 8.52. The van der Waals surface area contributed by atoms with E-state index >= 15 is 0 Å².